The van der Waals surface area contributed by atoms with E-state index in [0.717, 1.165) is 17.4 Å². The molecule has 2 aromatic rings. The topological polar surface area (TPSA) is 12.0 Å². The van der Waals surface area contributed by atoms with Gasteiger partial charge in [-0.3, -0.25) is 0 Å². The van der Waals surface area contributed by atoms with Crippen LogP contribution >= 0.6 is 27.3 Å². The van der Waals surface area contributed by atoms with Crippen molar-refractivity contribution < 1.29 is 0 Å². The fourth-order valence-corrected chi connectivity index (χ4v) is 4.50. The minimum absolute atomic E-state index is 0.455. The zero-order valence-electron chi connectivity index (χ0n) is 11.8. The third kappa shape index (κ3) is 3.16. The number of aryl methyl sites for hydroxylation is 2. The molecule has 0 aliphatic heterocycles. The predicted molar refractivity (Wildman–Crippen MR) is 90.6 cm³/mol. The van der Waals surface area contributed by atoms with Crippen molar-refractivity contribution in [2.75, 3.05) is 6.54 Å². The van der Waals surface area contributed by atoms with Crippen molar-refractivity contribution in [2.45, 2.75) is 38.6 Å². The highest BCUT2D eigenvalue weighted by atomic mass is 79.9. The molecule has 1 aromatic heterocycles. The summed E-state index contributed by atoms with van der Waals surface area (Å²) >= 11 is 5.52. The first-order valence-electron chi connectivity index (χ1n) is 7.35. The number of benzene rings is 1. The van der Waals surface area contributed by atoms with E-state index in [-0.39, 0.29) is 0 Å². The van der Waals surface area contributed by atoms with Gasteiger partial charge in [0.05, 0.1) is 0 Å². The monoisotopic (exact) mass is 349 g/mol. The van der Waals surface area contributed by atoms with Crippen molar-refractivity contribution in [2.24, 2.45) is 0 Å². The molecule has 0 radical (unpaired) electrons. The first-order chi connectivity index (χ1) is 9.76. The first kappa shape index (κ1) is 14.3. The van der Waals surface area contributed by atoms with Crippen LogP contribution in [-0.2, 0) is 19.3 Å². The van der Waals surface area contributed by atoms with Gasteiger partial charge in [0.15, 0.2) is 0 Å². The van der Waals surface area contributed by atoms with Gasteiger partial charge >= 0.3 is 0 Å². The van der Waals surface area contributed by atoms with Gasteiger partial charge in [-0.1, -0.05) is 35.0 Å². The Morgan fingerprint density at radius 3 is 2.75 bits per heavy atom. The number of thiophene rings is 1. The van der Waals surface area contributed by atoms with E-state index in [1.54, 1.807) is 10.4 Å². The van der Waals surface area contributed by atoms with E-state index in [4.69, 9.17) is 0 Å². The van der Waals surface area contributed by atoms with Crippen molar-refractivity contribution in [3.05, 3.63) is 55.7 Å². The molecule has 0 spiro atoms. The van der Waals surface area contributed by atoms with Gasteiger partial charge in [0.1, 0.15) is 0 Å². The van der Waals surface area contributed by atoms with Crippen molar-refractivity contribution >= 4 is 27.3 Å². The summed E-state index contributed by atoms with van der Waals surface area (Å²) in [5, 5.41) is 3.65. The molecule has 1 aromatic carbocycles. The number of hydrogen-bond donors (Lipinski definition) is 1. The van der Waals surface area contributed by atoms with Crippen LogP contribution < -0.4 is 5.32 Å². The predicted octanol–water partition coefficient (Wildman–Crippen LogP) is 4.89. The number of rotatable bonds is 5. The summed E-state index contributed by atoms with van der Waals surface area (Å²) in [6, 6.07) is 11.6. The highest BCUT2D eigenvalue weighted by Gasteiger charge is 2.19. The van der Waals surface area contributed by atoms with Gasteiger partial charge in [0, 0.05) is 20.3 Å². The summed E-state index contributed by atoms with van der Waals surface area (Å²) in [5.74, 6) is 0. The average molecular weight is 350 g/mol. The highest BCUT2D eigenvalue weighted by molar-refractivity contribution is 9.10. The van der Waals surface area contributed by atoms with Gasteiger partial charge in [-0.25, -0.2) is 0 Å². The van der Waals surface area contributed by atoms with Crippen LogP contribution in [0.25, 0.3) is 0 Å². The van der Waals surface area contributed by atoms with Crippen LogP contribution in [0.5, 0.6) is 0 Å². The molecule has 0 saturated carbocycles. The molecule has 106 valence electrons. The summed E-state index contributed by atoms with van der Waals surface area (Å²) in [6.45, 7) is 3.21. The Morgan fingerprint density at radius 2 is 2.05 bits per heavy atom. The van der Waals surface area contributed by atoms with Crippen LogP contribution in [-0.4, -0.2) is 6.54 Å². The molecule has 1 aliphatic rings. The molecule has 20 heavy (non-hydrogen) atoms. The zero-order chi connectivity index (χ0) is 13.9. The molecule has 3 rings (SSSR count). The summed E-state index contributed by atoms with van der Waals surface area (Å²) in [7, 11) is 0. The molecule has 3 heteroatoms. The Kier molecular flexibility index (Phi) is 4.59. The number of fused-ring (bicyclic) bond motifs is 1. The summed E-state index contributed by atoms with van der Waals surface area (Å²) in [4.78, 5) is 3.14. The molecule has 1 unspecified atom stereocenters. The zero-order valence-corrected chi connectivity index (χ0v) is 14.2. The first-order valence-corrected chi connectivity index (χ1v) is 8.96. The molecule has 0 amide bonds. The number of nitrogens with one attached hydrogen (secondary N) is 1. The lowest BCUT2D eigenvalue weighted by Crippen LogP contribution is -2.22. The van der Waals surface area contributed by atoms with Crippen LogP contribution in [0, 0.1) is 0 Å². The van der Waals surface area contributed by atoms with Crippen molar-refractivity contribution in [1.29, 1.82) is 0 Å². The van der Waals surface area contributed by atoms with E-state index in [2.05, 4.69) is 58.5 Å². The molecule has 1 atom stereocenters. The Balaban J connectivity index is 1.79. The molecular weight excluding hydrogens is 330 g/mol. The molecule has 0 bridgehead atoms. The summed E-state index contributed by atoms with van der Waals surface area (Å²) in [5.41, 5.74) is 3.00. The SMILES string of the molecule is CCNC(Cc1ccc(Br)cc1)c1cc2c(s1)CCC2. The smallest absolute Gasteiger partial charge is 0.0455 e. The fraction of sp³-hybridized carbons (Fsp3) is 0.412. The highest BCUT2D eigenvalue weighted by Crippen LogP contribution is 2.34. The maximum atomic E-state index is 3.65. The Hall–Kier alpha value is -0.640. The van der Waals surface area contributed by atoms with Gasteiger partial charge in [-0.15, -0.1) is 11.3 Å². The second-order valence-electron chi connectivity index (χ2n) is 5.39. The largest absolute Gasteiger partial charge is 0.309 e. The van der Waals surface area contributed by atoms with Crippen molar-refractivity contribution in [1.82, 2.24) is 5.32 Å². The minimum atomic E-state index is 0.455. The van der Waals surface area contributed by atoms with Gasteiger partial charge in [0.25, 0.3) is 0 Å². The normalized spacial score (nSPS) is 15.3. The van der Waals surface area contributed by atoms with Gasteiger partial charge < -0.3 is 5.32 Å². The Morgan fingerprint density at radius 1 is 1.25 bits per heavy atom. The molecule has 0 fully saturated rings. The molecule has 1 aliphatic carbocycles. The minimum Gasteiger partial charge on any atom is -0.309 e. The lowest BCUT2D eigenvalue weighted by Gasteiger charge is -2.17. The van der Waals surface area contributed by atoms with E-state index in [1.165, 1.54) is 29.7 Å². The summed E-state index contributed by atoms with van der Waals surface area (Å²) < 4.78 is 1.15. The van der Waals surface area contributed by atoms with E-state index in [1.807, 2.05) is 11.3 Å². The van der Waals surface area contributed by atoms with Crippen molar-refractivity contribution in [3.63, 3.8) is 0 Å². The maximum absolute atomic E-state index is 3.65. The second kappa shape index (κ2) is 6.42. The fourth-order valence-electron chi connectivity index (χ4n) is 2.90. The molecular formula is C17H20BrNS. The molecule has 1 N–H and O–H groups in total. The van der Waals surface area contributed by atoms with E-state index >= 15 is 0 Å². The number of likely N-dealkylation sites (N-methyl/N-ethyl adjacent to an activating group) is 1. The van der Waals surface area contributed by atoms with Gasteiger partial charge in [-0.05, 0) is 61.6 Å². The second-order valence-corrected chi connectivity index (χ2v) is 7.48. The van der Waals surface area contributed by atoms with Crippen LogP contribution in [0.4, 0.5) is 0 Å². The van der Waals surface area contributed by atoms with Gasteiger partial charge in [0.2, 0.25) is 0 Å². The third-order valence-corrected chi connectivity index (χ3v) is 5.79. The molecule has 1 heterocycles. The molecule has 1 nitrogen and oxygen atoms in total. The van der Waals surface area contributed by atoms with Crippen LogP contribution in [0.1, 0.15) is 40.3 Å². The van der Waals surface area contributed by atoms with E-state index in [9.17, 15) is 0 Å². The average Bonchev–Trinajstić information content (AvgIpc) is 3.01. The lowest BCUT2D eigenvalue weighted by molar-refractivity contribution is 0.558. The lowest BCUT2D eigenvalue weighted by atomic mass is 10.0. The van der Waals surface area contributed by atoms with Crippen LogP contribution in [0.2, 0.25) is 0 Å². The van der Waals surface area contributed by atoms with Crippen molar-refractivity contribution in [3.8, 4) is 0 Å². The Labute approximate surface area is 133 Å². The van der Waals surface area contributed by atoms with Crippen LogP contribution in [0.3, 0.4) is 0 Å². The van der Waals surface area contributed by atoms with Crippen LogP contribution in [0.15, 0.2) is 34.8 Å². The quantitative estimate of drug-likeness (QED) is 0.809. The standard InChI is InChI=1S/C17H20BrNS/c1-2-19-15(10-12-6-8-14(18)9-7-12)17-11-13-4-3-5-16(13)20-17/h6-9,11,15,19H,2-5,10H2,1H3. The van der Waals surface area contributed by atoms with E-state index in [0.29, 0.717) is 6.04 Å². The Bertz CT molecular complexity index is 552. The third-order valence-electron chi connectivity index (χ3n) is 3.91. The van der Waals surface area contributed by atoms with E-state index < -0.39 is 0 Å². The number of hydrogen-bond acceptors (Lipinski definition) is 2. The van der Waals surface area contributed by atoms with Gasteiger partial charge in [-0.2, -0.15) is 0 Å². The number of halogens is 1. The maximum Gasteiger partial charge on any atom is 0.0455 e. The summed E-state index contributed by atoms with van der Waals surface area (Å²) in [6.07, 6.45) is 4.99. The molecule has 0 saturated heterocycles.